The van der Waals surface area contributed by atoms with Crippen LogP contribution in [0.15, 0.2) is 91.0 Å². The van der Waals surface area contributed by atoms with Gasteiger partial charge in [0.25, 0.3) is 0 Å². The Morgan fingerprint density at radius 3 is 2.20 bits per heavy atom. The fraction of sp³-hybridized carbons (Fsp3) is 0.275. The highest BCUT2D eigenvalue weighted by Crippen LogP contribution is 2.43. The summed E-state index contributed by atoms with van der Waals surface area (Å²) in [6.45, 7) is 9.54. The smallest absolute Gasteiger partial charge is 0.409 e. The van der Waals surface area contributed by atoms with Gasteiger partial charge in [-0.25, -0.2) is 0 Å². The summed E-state index contributed by atoms with van der Waals surface area (Å²) < 4.78 is 5.34. The molecule has 0 amide bonds. The van der Waals surface area contributed by atoms with Crippen molar-refractivity contribution in [3.8, 4) is 0 Å². The van der Waals surface area contributed by atoms with Gasteiger partial charge in [0, 0.05) is 23.3 Å². The summed E-state index contributed by atoms with van der Waals surface area (Å²) in [5.41, 5.74) is 13.7. The molecule has 2 aliphatic rings. The van der Waals surface area contributed by atoms with Gasteiger partial charge in [0.2, 0.25) is 0 Å². The van der Waals surface area contributed by atoms with Crippen molar-refractivity contribution >= 4 is 40.6 Å². The van der Waals surface area contributed by atoms with Gasteiger partial charge in [-0.2, -0.15) is 0 Å². The lowest BCUT2D eigenvalue weighted by Gasteiger charge is -2.40. The van der Waals surface area contributed by atoms with E-state index in [2.05, 4.69) is 129 Å². The van der Waals surface area contributed by atoms with Gasteiger partial charge in [-0.1, -0.05) is 78.9 Å². The predicted octanol–water partition coefficient (Wildman–Crippen LogP) is 7.66. The average Bonchev–Trinajstić information content (AvgIpc) is 3.43. The maximum Gasteiger partial charge on any atom is 0.409 e. The molecule has 5 aromatic carbocycles. The fourth-order valence-electron chi connectivity index (χ4n) is 7.99. The highest BCUT2D eigenvalue weighted by molar-refractivity contribution is 6.81. The molecule has 0 saturated carbocycles. The summed E-state index contributed by atoms with van der Waals surface area (Å²) in [5.74, 6) is -0.123. The van der Waals surface area contributed by atoms with Gasteiger partial charge in [-0.3, -0.25) is 4.79 Å². The van der Waals surface area contributed by atoms with Gasteiger partial charge in [-0.15, -0.1) is 0 Å². The van der Waals surface area contributed by atoms with Gasteiger partial charge in [-0.05, 0) is 121 Å². The third-order valence-corrected chi connectivity index (χ3v) is 10.3. The second-order valence-electron chi connectivity index (χ2n) is 13.3. The Bertz CT molecular complexity index is 1920. The summed E-state index contributed by atoms with van der Waals surface area (Å²) in [6, 6.07) is 32.8. The van der Waals surface area contributed by atoms with Crippen LogP contribution in [0.1, 0.15) is 51.4 Å². The van der Waals surface area contributed by atoms with E-state index in [-0.39, 0.29) is 13.0 Å². The van der Waals surface area contributed by atoms with E-state index in [0.29, 0.717) is 12.8 Å². The van der Waals surface area contributed by atoms with Gasteiger partial charge >= 0.3 is 13.0 Å². The van der Waals surface area contributed by atoms with Crippen LogP contribution < -0.4 is 15.5 Å². The molecule has 1 aliphatic heterocycles. The van der Waals surface area contributed by atoms with Crippen LogP contribution in [0, 0.1) is 26.2 Å². The number of fused-ring (bicyclic) bond motifs is 1. The molecule has 5 heteroatoms. The van der Waals surface area contributed by atoms with E-state index >= 15 is 0 Å². The van der Waals surface area contributed by atoms with Crippen LogP contribution in [0.4, 0.5) is 11.4 Å². The first-order valence-corrected chi connectivity index (χ1v) is 16.1. The topological polar surface area (TPSA) is 41.6 Å². The Kier molecular flexibility index (Phi) is 7.43. The van der Waals surface area contributed by atoms with Crippen LogP contribution in [0.5, 0.6) is 0 Å². The van der Waals surface area contributed by atoms with Crippen LogP contribution >= 0.6 is 0 Å². The average molecular weight is 593 g/mol. The first kappa shape index (κ1) is 29.2. The van der Waals surface area contributed by atoms with Crippen molar-refractivity contribution in [2.75, 3.05) is 17.1 Å². The number of esters is 1. The second-order valence-corrected chi connectivity index (χ2v) is 13.3. The molecule has 0 radical (unpaired) electrons. The normalized spacial score (nSPS) is 16.9. The Labute approximate surface area is 267 Å². The first-order valence-electron chi connectivity index (χ1n) is 16.1. The Hall–Kier alpha value is -4.51. The summed E-state index contributed by atoms with van der Waals surface area (Å²) in [4.78, 5) is 15.7. The van der Waals surface area contributed by atoms with Gasteiger partial charge in [0.1, 0.15) is 0 Å². The quantitative estimate of drug-likeness (QED) is 0.156. The molecule has 1 N–H and O–H groups in total. The van der Waals surface area contributed by atoms with E-state index in [4.69, 9.17) is 4.74 Å². The number of hydrogen-bond acceptors (Lipinski definition) is 4. The third kappa shape index (κ3) is 5.09. The molecule has 45 heavy (non-hydrogen) atoms. The van der Waals surface area contributed by atoms with Crippen molar-refractivity contribution in [2.24, 2.45) is 5.41 Å². The molecule has 0 bridgehead atoms. The number of carbonyl (C=O) groups excluding carboxylic acids is 1. The molecule has 4 nitrogen and oxygen atoms in total. The lowest BCUT2D eigenvalue weighted by Crippen LogP contribution is -2.58. The zero-order valence-corrected chi connectivity index (χ0v) is 27.0. The molecule has 0 aromatic heterocycles. The van der Waals surface area contributed by atoms with Crippen LogP contribution in [0.2, 0.25) is 0 Å². The summed E-state index contributed by atoms with van der Waals surface area (Å²) in [5, 5.41) is 6.58. The summed E-state index contributed by atoms with van der Waals surface area (Å²) in [6.07, 6.45) is 3.30. The van der Waals surface area contributed by atoms with Crippen molar-refractivity contribution in [1.29, 1.82) is 0 Å². The van der Waals surface area contributed by atoms with Crippen molar-refractivity contribution < 1.29 is 9.53 Å². The number of anilines is 2. The molecule has 7 rings (SSSR count). The fourth-order valence-corrected chi connectivity index (χ4v) is 7.99. The highest BCUT2D eigenvalue weighted by atomic mass is 16.5. The van der Waals surface area contributed by atoms with E-state index in [1.165, 1.54) is 79.2 Å². The molecule has 0 fully saturated rings. The van der Waals surface area contributed by atoms with Crippen LogP contribution in [-0.2, 0) is 41.8 Å². The number of aryl methyl sites for hydroxylation is 2. The summed E-state index contributed by atoms with van der Waals surface area (Å²) in [7, 11) is 1.51. The minimum atomic E-state index is -0.555. The van der Waals surface area contributed by atoms with Gasteiger partial charge in [0.15, 0.2) is 0 Å². The van der Waals surface area contributed by atoms with Crippen LogP contribution in [0.3, 0.4) is 0 Å². The van der Waals surface area contributed by atoms with Gasteiger partial charge in [0.05, 0.1) is 12.5 Å². The lowest BCUT2D eigenvalue weighted by atomic mass is 9.58. The lowest BCUT2D eigenvalue weighted by molar-refractivity contribution is -0.151. The van der Waals surface area contributed by atoms with Crippen molar-refractivity contribution in [1.82, 2.24) is 0 Å². The van der Waals surface area contributed by atoms with E-state index in [9.17, 15) is 4.79 Å². The van der Waals surface area contributed by atoms with Crippen molar-refractivity contribution in [3.63, 3.8) is 0 Å². The first-order chi connectivity index (χ1) is 21.8. The van der Waals surface area contributed by atoms with Crippen molar-refractivity contribution in [3.05, 3.63) is 136 Å². The molecular weight excluding hydrogens is 551 g/mol. The van der Waals surface area contributed by atoms with E-state index in [0.717, 1.165) is 19.4 Å². The highest BCUT2D eigenvalue weighted by Gasteiger charge is 2.45. The number of carbonyl (C=O) groups is 1. The molecule has 0 spiro atoms. The molecule has 1 atom stereocenters. The van der Waals surface area contributed by atoms with E-state index in [1.807, 2.05) is 0 Å². The monoisotopic (exact) mass is 592 g/mol. The third-order valence-electron chi connectivity index (χ3n) is 10.3. The van der Waals surface area contributed by atoms with E-state index < -0.39 is 5.41 Å². The maximum absolute atomic E-state index is 13.1. The number of rotatable bonds is 7. The molecule has 5 aromatic rings. The number of ether oxygens (including phenoxy) is 1. The largest absolute Gasteiger partial charge is 0.469 e. The Morgan fingerprint density at radius 1 is 0.844 bits per heavy atom. The molecule has 1 heterocycles. The molecule has 1 unspecified atom stereocenters. The second kappa shape index (κ2) is 11.4. The number of benzene rings is 5. The predicted molar refractivity (Wildman–Crippen MR) is 188 cm³/mol. The van der Waals surface area contributed by atoms with E-state index in [1.54, 1.807) is 0 Å². The maximum atomic E-state index is 13.1. The van der Waals surface area contributed by atoms with Crippen LogP contribution in [-0.4, -0.2) is 20.1 Å². The Balaban J connectivity index is 1.44. The molecule has 0 saturated heterocycles. The number of nitrogens with one attached hydrogen (secondary N) is 1. The SMILES string of the molecule is COC(=O)C1(C)Cc2c(C)c(CCc3ccccc3)c(B3Nc4cccc5cc(C)cc(c45)N3Cc3ccccc3)c(C)c2C1. The molecule has 1 aliphatic carbocycles. The van der Waals surface area contributed by atoms with Crippen molar-refractivity contribution in [2.45, 2.75) is 59.9 Å². The minimum absolute atomic E-state index is 0.0788. The number of hydrogen-bond donors (Lipinski definition) is 1. The minimum Gasteiger partial charge on any atom is -0.469 e. The zero-order valence-electron chi connectivity index (χ0n) is 27.0. The van der Waals surface area contributed by atoms with Crippen LogP contribution in [0.25, 0.3) is 10.8 Å². The molecule has 226 valence electrons. The Morgan fingerprint density at radius 2 is 1.51 bits per heavy atom. The summed E-state index contributed by atoms with van der Waals surface area (Å²) >= 11 is 0. The number of nitrogens with zero attached hydrogens (tertiary/aromatic N) is 1. The zero-order chi connectivity index (χ0) is 31.3. The standard InChI is InChI=1S/C40H41BN2O2/c1-26-21-31-17-12-18-35-37(31)36(22-26)43(25-30-15-10-7-11-16-30)41(42-35)38-28(3)34-24-40(4,39(44)45-5)23-33(34)27(2)32(38)20-19-29-13-8-6-9-14-29/h6-18,21-22,42H,19-20,23-25H2,1-5H3. The number of methoxy groups -OCH3 is 1. The van der Waals surface area contributed by atoms with Gasteiger partial charge < -0.3 is 14.8 Å². The molecular formula is C40H41BN2O2.